The predicted molar refractivity (Wildman–Crippen MR) is 103 cm³/mol. The van der Waals surface area contributed by atoms with Gasteiger partial charge < -0.3 is 0 Å². The van der Waals surface area contributed by atoms with E-state index < -0.39 is 6.04 Å². The molecular weight excluding hydrogens is 370 g/mol. The Morgan fingerprint density at radius 3 is 2.88 bits per heavy atom. The SMILES string of the molecule is CCc1nnc(NC(=O)C(CC)n2cnc3sc4c(c3c2=O)CCC4)s1. The van der Waals surface area contributed by atoms with E-state index in [1.807, 2.05) is 13.8 Å². The summed E-state index contributed by atoms with van der Waals surface area (Å²) < 4.78 is 1.46. The minimum atomic E-state index is -0.620. The number of thiophene rings is 1. The average molecular weight is 390 g/mol. The summed E-state index contributed by atoms with van der Waals surface area (Å²) in [5.41, 5.74) is 1.01. The van der Waals surface area contributed by atoms with Gasteiger partial charge in [0, 0.05) is 4.88 Å². The molecule has 1 amide bonds. The van der Waals surface area contributed by atoms with Gasteiger partial charge in [0.1, 0.15) is 15.9 Å². The van der Waals surface area contributed by atoms with Crippen molar-refractivity contribution in [2.45, 2.75) is 52.0 Å². The second-order valence-corrected chi connectivity index (χ2v) is 8.41. The summed E-state index contributed by atoms with van der Waals surface area (Å²) in [6.45, 7) is 3.87. The lowest BCUT2D eigenvalue weighted by Gasteiger charge is -2.16. The number of nitrogens with one attached hydrogen (secondary N) is 1. The van der Waals surface area contributed by atoms with E-state index in [9.17, 15) is 9.59 Å². The van der Waals surface area contributed by atoms with E-state index in [-0.39, 0.29) is 11.5 Å². The van der Waals surface area contributed by atoms with Gasteiger partial charge in [-0.15, -0.1) is 21.5 Å². The van der Waals surface area contributed by atoms with Crippen molar-refractivity contribution in [3.05, 3.63) is 32.1 Å². The molecule has 0 aliphatic heterocycles. The van der Waals surface area contributed by atoms with Crippen molar-refractivity contribution in [2.24, 2.45) is 0 Å². The van der Waals surface area contributed by atoms with Gasteiger partial charge in [0.2, 0.25) is 11.0 Å². The van der Waals surface area contributed by atoms with Crippen LogP contribution in [0.2, 0.25) is 0 Å². The zero-order valence-electron chi connectivity index (χ0n) is 14.6. The van der Waals surface area contributed by atoms with Gasteiger partial charge >= 0.3 is 0 Å². The smallest absolute Gasteiger partial charge is 0.263 e. The van der Waals surface area contributed by atoms with Crippen LogP contribution in [-0.4, -0.2) is 25.7 Å². The number of aryl methyl sites for hydroxylation is 3. The maximum atomic E-state index is 13.1. The first-order valence-corrected chi connectivity index (χ1v) is 10.4. The lowest BCUT2D eigenvalue weighted by molar-refractivity contribution is -0.119. The third-order valence-electron chi connectivity index (χ3n) is 4.68. The van der Waals surface area contributed by atoms with Crippen molar-refractivity contribution >= 4 is 43.9 Å². The van der Waals surface area contributed by atoms with Crippen molar-refractivity contribution in [3.8, 4) is 0 Å². The number of hydrogen-bond donors (Lipinski definition) is 1. The van der Waals surface area contributed by atoms with Crippen LogP contribution in [0.5, 0.6) is 0 Å². The Bertz CT molecular complexity index is 1040. The number of nitrogens with zero attached hydrogens (tertiary/aromatic N) is 4. The molecule has 0 bridgehead atoms. The van der Waals surface area contributed by atoms with Crippen molar-refractivity contribution in [1.29, 1.82) is 0 Å². The molecule has 4 rings (SSSR count). The normalized spacial score (nSPS) is 14.5. The van der Waals surface area contributed by atoms with E-state index in [4.69, 9.17) is 0 Å². The van der Waals surface area contributed by atoms with Crippen LogP contribution in [0, 0.1) is 0 Å². The van der Waals surface area contributed by atoms with Gasteiger partial charge in [-0.3, -0.25) is 19.5 Å². The van der Waals surface area contributed by atoms with Gasteiger partial charge in [0.15, 0.2) is 0 Å². The molecule has 1 aliphatic carbocycles. The highest BCUT2D eigenvalue weighted by atomic mass is 32.1. The predicted octanol–water partition coefficient (Wildman–Crippen LogP) is 2.95. The molecular formula is C17H19N5O2S2. The van der Waals surface area contributed by atoms with Gasteiger partial charge in [-0.25, -0.2) is 4.98 Å². The summed E-state index contributed by atoms with van der Waals surface area (Å²) in [7, 11) is 0. The number of hydrogen-bond acceptors (Lipinski definition) is 7. The molecule has 1 aliphatic rings. The third-order valence-corrected chi connectivity index (χ3v) is 6.86. The molecule has 1 atom stereocenters. The highest BCUT2D eigenvalue weighted by Crippen LogP contribution is 2.34. The van der Waals surface area contributed by atoms with Crippen molar-refractivity contribution in [2.75, 3.05) is 5.32 Å². The molecule has 3 aromatic heterocycles. The van der Waals surface area contributed by atoms with E-state index in [2.05, 4.69) is 20.5 Å². The average Bonchev–Trinajstić information content (AvgIpc) is 3.32. The van der Waals surface area contributed by atoms with Crippen LogP contribution in [0.25, 0.3) is 10.2 Å². The maximum Gasteiger partial charge on any atom is 0.263 e. The van der Waals surface area contributed by atoms with Gasteiger partial charge in [0.25, 0.3) is 5.56 Å². The first kappa shape index (κ1) is 17.3. The van der Waals surface area contributed by atoms with Crippen molar-refractivity contribution in [3.63, 3.8) is 0 Å². The molecule has 0 saturated heterocycles. The fourth-order valence-electron chi connectivity index (χ4n) is 3.36. The Kier molecular flexibility index (Phi) is 4.58. The number of rotatable bonds is 5. The van der Waals surface area contributed by atoms with Gasteiger partial charge in [-0.05, 0) is 37.7 Å². The largest absolute Gasteiger partial charge is 0.299 e. The number of carbonyl (C=O) groups excluding carboxylic acids is 1. The van der Waals surface area contributed by atoms with Crippen molar-refractivity contribution < 1.29 is 4.79 Å². The lowest BCUT2D eigenvalue weighted by Crippen LogP contribution is -2.33. The Balaban J connectivity index is 1.68. The molecule has 0 fully saturated rings. The van der Waals surface area contributed by atoms with Crippen LogP contribution in [0.4, 0.5) is 5.13 Å². The van der Waals surface area contributed by atoms with Crippen LogP contribution >= 0.6 is 22.7 Å². The molecule has 1 N–H and O–H groups in total. The highest BCUT2D eigenvalue weighted by Gasteiger charge is 2.26. The standard InChI is InChI=1S/C17H19N5O2S2/c1-3-10(14(23)19-17-21-20-12(4-2)26-17)22-8-18-15-13(16(22)24)9-6-5-7-11(9)25-15/h8,10H,3-7H2,1-2H3,(H,19,21,23). The van der Waals surface area contributed by atoms with Crippen LogP contribution in [0.1, 0.15) is 48.2 Å². The Morgan fingerprint density at radius 1 is 1.31 bits per heavy atom. The van der Waals surface area contributed by atoms with Crippen LogP contribution in [-0.2, 0) is 24.1 Å². The fourth-order valence-corrected chi connectivity index (χ4v) is 5.27. The zero-order valence-corrected chi connectivity index (χ0v) is 16.2. The molecule has 3 aromatic rings. The van der Waals surface area contributed by atoms with E-state index in [0.717, 1.165) is 41.1 Å². The molecule has 26 heavy (non-hydrogen) atoms. The molecule has 9 heteroatoms. The van der Waals surface area contributed by atoms with Gasteiger partial charge in [0.05, 0.1) is 11.7 Å². The number of carbonyl (C=O) groups is 1. The van der Waals surface area contributed by atoms with Crippen LogP contribution < -0.4 is 10.9 Å². The summed E-state index contributed by atoms with van der Waals surface area (Å²) in [6.07, 6.45) is 5.79. The summed E-state index contributed by atoms with van der Waals surface area (Å²) in [6, 6.07) is -0.620. The van der Waals surface area contributed by atoms with Gasteiger partial charge in [-0.2, -0.15) is 0 Å². The Hall–Kier alpha value is -2.13. The first-order chi connectivity index (χ1) is 12.6. The summed E-state index contributed by atoms with van der Waals surface area (Å²) >= 11 is 2.96. The minimum Gasteiger partial charge on any atom is -0.299 e. The van der Waals surface area contributed by atoms with Crippen molar-refractivity contribution in [1.82, 2.24) is 19.7 Å². The van der Waals surface area contributed by atoms with Crippen LogP contribution in [0.15, 0.2) is 11.1 Å². The first-order valence-electron chi connectivity index (χ1n) is 8.77. The molecule has 136 valence electrons. The summed E-state index contributed by atoms with van der Waals surface area (Å²) in [5.74, 6) is -0.263. The molecule has 0 saturated carbocycles. The summed E-state index contributed by atoms with van der Waals surface area (Å²) in [4.78, 5) is 32.3. The second kappa shape index (κ2) is 6.88. The fraction of sp³-hybridized carbons (Fsp3) is 0.471. The quantitative estimate of drug-likeness (QED) is 0.725. The Morgan fingerprint density at radius 2 is 2.15 bits per heavy atom. The van der Waals surface area contributed by atoms with E-state index in [0.29, 0.717) is 16.9 Å². The Labute approximate surface area is 158 Å². The highest BCUT2D eigenvalue weighted by molar-refractivity contribution is 7.18. The number of anilines is 1. The molecule has 0 spiro atoms. The number of fused-ring (bicyclic) bond motifs is 3. The van der Waals surface area contributed by atoms with E-state index in [1.54, 1.807) is 11.3 Å². The monoisotopic (exact) mass is 389 g/mol. The summed E-state index contributed by atoms with van der Waals surface area (Å²) in [5, 5.41) is 12.8. The minimum absolute atomic E-state index is 0.122. The third kappa shape index (κ3) is 2.84. The topological polar surface area (TPSA) is 89.8 Å². The number of amides is 1. The molecule has 7 nitrogen and oxygen atoms in total. The molecule has 3 heterocycles. The second-order valence-electron chi connectivity index (χ2n) is 6.26. The maximum absolute atomic E-state index is 13.1. The van der Waals surface area contributed by atoms with E-state index in [1.165, 1.54) is 27.1 Å². The van der Waals surface area contributed by atoms with Crippen LogP contribution in [0.3, 0.4) is 0 Å². The van der Waals surface area contributed by atoms with Gasteiger partial charge in [-0.1, -0.05) is 25.2 Å². The number of aromatic nitrogens is 4. The van der Waals surface area contributed by atoms with E-state index >= 15 is 0 Å². The lowest BCUT2D eigenvalue weighted by atomic mass is 10.1. The molecule has 0 aromatic carbocycles. The molecule has 1 unspecified atom stereocenters. The zero-order chi connectivity index (χ0) is 18.3. The molecule has 0 radical (unpaired) electrons.